The first kappa shape index (κ1) is 17.1. The van der Waals surface area contributed by atoms with Crippen LogP contribution in [0.2, 0.25) is 10.2 Å². The highest BCUT2D eigenvalue weighted by Gasteiger charge is 2.44. The third kappa shape index (κ3) is 4.15. The van der Waals surface area contributed by atoms with Gasteiger partial charge in [0.05, 0.1) is 0 Å². The Morgan fingerprint density at radius 3 is 2.41 bits per heavy atom. The van der Waals surface area contributed by atoms with Gasteiger partial charge in [0, 0.05) is 21.1 Å². The number of benzene rings is 1. The molecule has 1 unspecified atom stereocenters. The van der Waals surface area contributed by atoms with Crippen LogP contribution in [0.5, 0.6) is 5.88 Å². The van der Waals surface area contributed by atoms with Crippen molar-refractivity contribution < 1.29 is 17.9 Å². The number of aromatic nitrogens is 2. The quantitative estimate of drug-likeness (QED) is 0.729. The van der Waals surface area contributed by atoms with E-state index in [1.165, 1.54) is 18.2 Å². The predicted molar refractivity (Wildman–Crippen MR) is 80.0 cm³/mol. The zero-order valence-corrected chi connectivity index (χ0v) is 13.6. The van der Waals surface area contributed by atoms with Gasteiger partial charge < -0.3 is 10.5 Å². The van der Waals surface area contributed by atoms with E-state index in [9.17, 15) is 13.2 Å². The summed E-state index contributed by atoms with van der Waals surface area (Å²) in [6, 6.07) is 4.91. The Morgan fingerprint density at radius 2 is 1.86 bits per heavy atom. The van der Waals surface area contributed by atoms with Gasteiger partial charge in [-0.15, -0.1) is 0 Å². The molecule has 118 valence electrons. The van der Waals surface area contributed by atoms with E-state index in [-0.39, 0.29) is 32.0 Å². The van der Waals surface area contributed by atoms with Crippen LogP contribution in [-0.4, -0.2) is 16.1 Å². The van der Waals surface area contributed by atoms with E-state index in [1.54, 1.807) is 0 Å². The number of anilines is 1. The zero-order valence-electron chi connectivity index (χ0n) is 10.5. The van der Waals surface area contributed by atoms with Crippen molar-refractivity contribution in [1.82, 2.24) is 9.97 Å². The molecular formula is C12H7BrCl2F3N3O. The van der Waals surface area contributed by atoms with Gasteiger partial charge in [-0.3, -0.25) is 0 Å². The maximum atomic E-state index is 13.3. The molecule has 1 aromatic carbocycles. The minimum absolute atomic E-state index is 0.126. The van der Waals surface area contributed by atoms with Gasteiger partial charge >= 0.3 is 6.18 Å². The van der Waals surface area contributed by atoms with Crippen molar-refractivity contribution in [1.29, 1.82) is 0 Å². The summed E-state index contributed by atoms with van der Waals surface area (Å²) in [5.74, 6) is -0.680. The Hall–Kier alpha value is -1.25. The van der Waals surface area contributed by atoms with Crippen LogP contribution >= 0.6 is 39.1 Å². The first-order chi connectivity index (χ1) is 10.2. The van der Waals surface area contributed by atoms with Crippen LogP contribution in [0.1, 0.15) is 11.7 Å². The van der Waals surface area contributed by atoms with Crippen LogP contribution in [0.3, 0.4) is 0 Å². The number of nitrogens with zero attached hydrogens (tertiary/aromatic N) is 2. The van der Waals surface area contributed by atoms with Gasteiger partial charge in [-0.2, -0.15) is 18.2 Å². The normalized spacial score (nSPS) is 13.0. The van der Waals surface area contributed by atoms with Crippen molar-refractivity contribution >= 4 is 45.1 Å². The SMILES string of the molecule is Nc1nc(Cl)cc(OC(c2ccc(Cl)cc2Br)C(F)(F)F)n1. The minimum atomic E-state index is -4.69. The second-order valence-corrected chi connectivity index (χ2v) is 5.77. The average Bonchev–Trinajstić information content (AvgIpc) is 2.34. The Labute approximate surface area is 141 Å². The van der Waals surface area contributed by atoms with Crippen LogP contribution in [0.4, 0.5) is 19.1 Å². The highest BCUT2D eigenvalue weighted by molar-refractivity contribution is 9.10. The largest absolute Gasteiger partial charge is 0.459 e. The van der Waals surface area contributed by atoms with E-state index in [0.29, 0.717) is 0 Å². The molecular weight excluding hydrogens is 410 g/mol. The Morgan fingerprint density at radius 1 is 1.18 bits per heavy atom. The number of nitrogen functional groups attached to an aromatic ring is 1. The van der Waals surface area contributed by atoms with E-state index in [1.807, 2.05) is 0 Å². The second kappa shape index (κ2) is 6.47. The van der Waals surface area contributed by atoms with Gasteiger partial charge in [0.2, 0.25) is 17.9 Å². The fourth-order valence-electron chi connectivity index (χ4n) is 1.62. The summed E-state index contributed by atoms with van der Waals surface area (Å²) in [7, 11) is 0. The monoisotopic (exact) mass is 415 g/mol. The van der Waals surface area contributed by atoms with Gasteiger partial charge in [0.15, 0.2) is 0 Å². The van der Waals surface area contributed by atoms with Crippen molar-refractivity contribution in [3.05, 3.63) is 44.5 Å². The summed E-state index contributed by atoms with van der Waals surface area (Å²) in [6.45, 7) is 0. The molecule has 2 N–H and O–H groups in total. The van der Waals surface area contributed by atoms with Crippen molar-refractivity contribution in [3.8, 4) is 5.88 Å². The fraction of sp³-hybridized carbons (Fsp3) is 0.167. The molecule has 0 fully saturated rings. The molecule has 4 nitrogen and oxygen atoms in total. The summed E-state index contributed by atoms with van der Waals surface area (Å²) in [5, 5.41) is 0.157. The predicted octanol–water partition coefficient (Wildman–Crippen LogP) is 4.81. The third-order valence-corrected chi connectivity index (χ3v) is 3.59. The van der Waals surface area contributed by atoms with E-state index in [2.05, 4.69) is 25.9 Å². The molecule has 0 bridgehead atoms. The van der Waals surface area contributed by atoms with Crippen molar-refractivity contribution in [2.45, 2.75) is 12.3 Å². The van der Waals surface area contributed by atoms with Gasteiger partial charge in [-0.05, 0) is 12.1 Å². The van der Waals surface area contributed by atoms with Gasteiger partial charge in [-0.25, -0.2) is 4.98 Å². The fourth-order valence-corrected chi connectivity index (χ4v) is 2.69. The van der Waals surface area contributed by atoms with Crippen molar-refractivity contribution in [3.63, 3.8) is 0 Å². The summed E-state index contributed by atoms with van der Waals surface area (Å²) in [5.41, 5.74) is 5.18. The number of hydrogen-bond donors (Lipinski definition) is 1. The molecule has 1 atom stereocenters. The highest BCUT2D eigenvalue weighted by atomic mass is 79.9. The molecule has 10 heteroatoms. The molecule has 0 aliphatic rings. The maximum absolute atomic E-state index is 13.3. The van der Waals surface area contributed by atoms with Crippen molar-refractivity contribution in [2.24, 2.45) is 0 Å². The molecule has 0 saturated heterocycles. The molecule has 0 aliphatic carbocycles. The molecule has 0 spiro atoms. The van der Waals surface area contributed by atoms with Crippen LogP contribution in [-0.2, 0) is 0 Å². The number of ether oxygens (including phenoxy) is 1. The summed E-state index contributed by atoms with van der Waals surface area (Å²) < 4.78 is 44.9. The van der Waals surface area contributed by atoms with Crippen LogP contribution in [0.15, 0.2) is 28.7 Å². The first-order valence-electron chi connectivity index (χ1n) is 5.65. The lowest BCUT2D eigenvalue weighted by Gasteiger charge is -2.22. The third-order valence-electron chi connectivity index (χ3n) is 2.47. The van der Waals surface area contributed by atoms with Gasteiger partial charge in [0.1, 0.15) is 5.15 Å². The van der Waals surface area contributed by atoms with E-state index < -0.39 is 12.3 Å². The van der Waals surface area contributed by atoms with Gasteiger partial charge in [-0.1, -0.05) is 45.2 Å². The number of halogens is 6. The Kier molecular flexibility index (Phi) is 5.03. The zero-order chi connectivity index (χ0) is 16.5. The Balaban J connectivity index is 2.43. The molecule has 2 rings (SSSR count). The molecule has 0 amide bonds. The molecule has 1 aromatic heterocycles. The maximum Gasteiger partial charge on any atom is 0.429 e. The van der Waals surface area contributed by atoms with Crippen LogP contribution in [0.25, 0.3) is 0 Å². The van der Waals surface area contributed by atoms with Crippen LogP contribution < -0.4 is 10.5 Å². The molecule has 0 aliphatic heterocycles. The molecule has 22 heavy (non-hydrogen) atoms. The average molecular weight is 417 g/mol. The molecule has 0 saturated carbocycles. The molecule has 1 heterocycles. The lowest BCUT2D eigenvalue weighted by molar-refractivity contribution is -0.198. The van der Waals surface area contributed by atoms with E-state index in [4.69, 9.17) is 33.7 Å². The minimum Gasteiger partial charge on any atom is -0.459 e. The van der Waals surface area contributed by atoms with E-state index in [0.717, 1.165) is 6.07 Å². The number of nitrogens with two attached hydrogens (primary N) is 1. The number of alkyl halides is 3. The summed E-state index contributed by atoms with van der Waals surface area (Å²) in [6.07, 6.45) is -6.97. The second-order valence-electron chi connectivity index (χ2n) is 4.09. The van der Waals surface area contributed by atoms with Crippen LogP contribution in [0, 0.1) is 0 Å². The Bertz CT molecular complexity index is 680. The first-order valence-corrected chi connectivity index (χ1v) is 7.20. The lowest BCUT2D eigenvalue weighted by atomic mass is 10.1. The summed E-state index contributed by atoms with van der Waals surface area (Å²) in [4.78, 5) is 7.13. The lowest BCUT2D eigenvalue weighted by Crippen LogP contribution is -2.27. The number of hydrogen-bond acceptors (Lipinski definition) is 4. The van der Waals surface area contributed by atoms with E-state index >= 15 is 0 Å². The molecule has 2 aromatic rings. The van der Waals surface area contributed by atoms with Gasteiger partial charge in [0.25, 0.3) is 0 Å². The topological polar surface area (TPSA) is 61.0 Å². The summed E-state index contributed by atoms with van der Waals surface area (Å²) >= 11 is 14.4. The number of rotatable bonds is 3. The molecule has 0 radical (unpaired) electrons. The standard InChI is InChI=1S/C12H7BrCl2F3N3O/c13-7-3-5(14)1-2-6(7)10(12(16,17)18)22-9-4-8(15)20-11(19)21-9/h1-4,10H,(H2,19,20,21). The smallest absolute Gasteiger partial charge is 0.429 e. The van der Waals surface area contributed by atoms with Crippen molar-refractivity contribution in [2.75, 3.05) is 5.73 Å². The highest BCUT2D eigenvalue weighted by Crippen LogP contribution is 2.40.